The Kier molecular flexibility index (Phi) is 5.54. The average Bonchev–Trinajstić information content (AvgIpc) is 2.56. The van der Waals surface area contributed by atoms with Crippen molar-refractivity contribution >= 4 is 29.3 Å². The minimum Gasteiger partial charge on any atom is -0.496 e. The van der Waals surface area contributed by atoms with Crippen LogP contribution < -0.4 is 10.1 Å². The molecule has 0 radical (unpaired) electrons. The number of amides is 1. The van der Waals surface area contributed by atoms with Crippen molar-refractivity contribution < 1.29 is 19.1 Å². The number of aromatic nitrogens is 1. The maximum Gasteiger partial charge on any atom is 0.342 e. The molecular formula is C16H15ClN2O4. The van der Waals surface area contributed by atoms with Crippen LogP contribution in [-0.2, 0) is 9.53 Å². The van der Waals surface area contributed by atoms with Gasteiger partial charge in [-0.25, -0.2) is 9.78 Å². The van der Waals surface area contributed by atoms with Crippen LogP contribution in [0.15, 0.2) is 42.6 Å². The molecule has 7 heteroatoms. The SMILES string of the molecule is COc1ccccc1C(=O)OC(C)C(=O)Nc1ccc(Cl)cn1. The molecule has 6 nitrogen and oxygen atoms in total. The molecule has 120 valence electrons. The van der Waals surface area contributed by atoms with Gasteiger partial charge in [-0.2, -0.15) is 0 Å². The average molecular weight is 335 g/mol. The standard InChI is InChI=1S/C16H15ClN2O4/c1-10(15(20)19-14-8-7-11(17)9-18-14)23-16(21)12-5-3-4-6-13(12)22-2/h3-10H,1-2H3,(H,18,19,20). The van der Waals surface area contributed by atoms with Gasteiger partial charge in [-0.15, -0.1) is 0 Å². The zero-order valence-corrected chi connectivity index (χ0v) is 13.3. The van der Waals surface area contributed by atoms with Gasteiger partial charge in [0.1, 0.15) is 17.1 Å². The van der Waals surface area contributed by atoms with Crippen LogP contribution >= 0.6 is 11.6 Å². The number of rotatable bonds is 5. The van der Waals surface area contributed by atoms with Gasteiger partial charge < -0.3 is 14.8 Å². The summed E-state index contributed by atoms with van der Waals surface area (Å²) in [7, 11) is 1.45. The topological polar surface area (TPSA) is 77.5 Å². The van der Waals surface area contributed by atoms with Crippen LogP contribution in [0.4, 0.5) is 5.82 Å². The van der Waals surface area contributed by atoms with E-state index >= 15 is 0 Å². The number of esters is 1. The minimum absolute atomic E-state index is 0.249. The van der Waals surface area contributed by atoms with Crippen molar-refractivity contribution in [1.82, 2.24) is 4.98 Å². The number of ether oxygens (including phenoxy) is 2. The summed E-state index contributed by atoms with van der Waals surface area (Å²) in [6.45, 7) is 1.47. The number of anilines is 1. The molecule has 0 fully saturated rings. The van der Waals surface area contributed by atoms with E-state index in [1.807, 2.05) is 0 Å². The van der Waals surface area contributed by atoms with E-state index < -0.39 is 18.0 Å². The van der Waals surface area contributed by atoms with E-state index in [9.17, 15) is 9.59 Å². The number of carbonyl (C=O) groups is 2. The highest BCUT2D eigenvalue weighted by molar-refractivity contribution is 6.30. The monoisotopic (exact) mass is 334 g/mol. The smallest absolute Gasteiger partial charge is 0.342 e. The lowest BCUT2D eigenvalue weighted by Gasteiger charge is -2.14. The van der Waals surface area contributed by atoms with Gasteiger partial charge >= 0.3 is 5.97 Å². The van der Waals surface area contributed by atoms with E-state index in [1.54, 1.807) is 36.4 Å². The summed E-state index contributed by atoms with van der Waals surface area (Å²) in [5.74, 6) is -0.443. The predicted molar refractivity (Wildman–Crippen MR) is 85.7 cm³/mol. The molecule has 0 saturated carbocycles. The third kappa shape index (κ3) is 4.43. The highest BCUT2D eigenvalue weighted by Gasteiger charge is 2.21. The Morgan fingerprint density at radius 3 is 2.61 bits per heavy atom. The molecule has 0 spiro atoms. The van der Waals surface area contributed by atoms with Crippen LogP contribution in [0.25, 0.3) is 0 Å². The Bertz CT molecular complexity index is 703. The van der Waals surface area contributed by atoms with Crippen molar-refractivity contribution in [2.75, 3.05) is 12.4 Å². The van der Waals surface area contributed by atoms with Crippen LogP contribution in [0.2, 0.25) is 5.02 Å². The number of hydrogen-bond donors (Lipinski definition) is 1. The summed E-state index contributed by atoms with van der Waals surface area (Å²) in [5.41, 5.74) is 0.249. The second-order valence-corrected chi connectivity index (χ2v) is 5.04. The van der Waals surface area contributed by atoms with Crippen molar-refractivity contribution in [3.63, 3.8) is 0 Å². The van der Waals surface area contributed by atoms with Crippen molar-refractivity contribution in [2.24, 2.45) is 0 Å². The second-order valence-electron chi connectivity index (χ2n) is 4.60. The van der Waals surface area contributed by atoms with Gasteiger partial charge in [-0.1, -0.05) is 23.7 Å². The van der Waals surface area contributed by atoms with E-state index in [0.29, 0.717) is 16.6 Å². The molecule has 1 heterocycles. The summed E-state index contributed by atoms with van der Waals surface area (Å²) < 4.78 is 10.2. The lowest BCUT2D eigenvalue weighted by Crippen LogP contribution is -2.30. The Balaban J connectivity index is 2.00. The highest BCUT2D eigenvalue weighted by Crippen LogP contribution is 2.19. The molecule has 0 bridgehead atoms. The van der Waals surface area contributed by atoms with Gasteiger partial charge in [0.25, 0.3) is 5.91 Å². The maximum absolute atomic E-state index is 12.1. The number of carbonyl (C=O) groups excluding carboxylic acids is 2. The number of hydrogen-bond acceptors (Lipinski definition) is 5. The molecule has 1 N–H and O–H groups in total. The minimum atomic E-state index is -0.995. The number of nitrogens with zero attached hydrogens (tertiary/aromatic N) is 1. The maximum atomic E-state index is 12.1. The van der Waals surface area contributed by atoms with Crippen LogP contribution in [0.3, 0.4) is 0 Å². The molecule has 2 rings (SSSR count). The van der Waals surface area contributed by atoms with Gasteiger partial charge in [-0.3, -0.25) is 4.79 Å². The Labute approximate surface area is 138 Å². The lowest BCUT2D eigenvalue weighted by atomic mass is 10.2. The van der Waals surface area contributed by atoms with Gasteiger partial charge in [0.2, 0.25) is 0 Å². The first-order valence-electron chi connectivity index (χ1n) is 6.77. The van der Waals surface area contributed by atoms with Gasteiger partial charge in [0, 0.05) is 6.20 Å². The zero-order valence-electron chi connectivity index (χ0n) is 12.6. The van der Waals surface area contributed by atoms with Gasteiger partial charge in [-0.05, 0) is 31.2 Å². The van der Waals surface area contributed by atoms with Crippen LogP contribution in [0, 0.1) is 0 Å². The largest absolute Gasteiger partial charge is 0.496 e. The summed E-state index contributed by atoms with van der Waals surface area (Å²) in [4.78, 5) is 28.1. The molecule has 2 aromatic rings. The number of para-hydroxylation sites is 1. The van der Waals surface area contributed by atoms with Crippen LogP contribution in [0.5, 0.6) is 5.75 Å². The van der Waals surface area contributed by atoms with E-state index in [0.717, 1.165) is 0 Å². The number of nitrogens with one attached hydrogen (secondary N) is 1. The second kappa shape index (κ2) is 7.60. The lowest BCUT2D eigenvalue weighted by molar-refractivity contribution is -0.123. The Hall–Kier alpha value is -2.60. The third-order valence-corrected chi connectivity index (χ3v) is 3.18. The van der Waals surface area contributed by atoms with Gasteiger partial charge in [0.15, 0.2) is 6.10 Å². The molecule has 0 saturated heterocycles. The first-order chi connectivity index (χ1) is 11.0. The molecule has 0 aliphatic carbocycles. The highest BCUT2D eigenvalue weighted by atomic mass is 35.5. The normalized spacial score (nSPS) is 11.4. The summed E-state index contributed by atoms with van der Waals surface area (Å²) >= 11 is 5.72. The molecule has 1 atom stereocenters. The summed E-state index contributed by atoms with van der Waals surface area (Å²) in [5, 5.41) is 2.99. The Morgan fingerprint density at radius 2 is 1.96 bits per heavy atom. The van der Waals surface area contributed by atoms with Crippen molar-refractivity contribution in [3.05, 3.63) is 53.2 Å². The number of halogens is 1. The van der Waals surface area contributed by atoms with Crippen molar-refractivity contribution in [1.29, 1.82) is 0 Å². The fourth-order valence-corrected chi connectivity index (χ4v) is 1.88. The molecular weight excluding hydrogens is 320 g/mol. The van der Waals surface area contributed by atoms with E-state index in [-0.39, 0.29) is 5.56 Å². The third-order valence-electron chi connectivity index (χ3n) is 2.96. The molecule has 1 amide bonds. The predicted octanol–water partition coefficient (Wildman–Crippen LogP) is 2.93. The molecule has 1 unspecified atom stereocenters. The van der Waals surface area contributed by atoms with Crippen LogP contribution in [-0.4, -0.2) is 30.1 Å². The van der Waals surface area contributed by atoms with E-state index in [1.165, 1.54) is 20.2 Å². The molecule has 1 aromatic carbocycles. The Morgan fingerprint density at radius 1 is 1.22 bits per heavy atom. The first-order valence-corrected chi connectivity index (χ1v) is 7.15. The van der Waals surface area contributed by atoms with E-state index in [4.69, 9.17) is 21.1 Å². The van der Waals surface area contributed by atoms with E-state index in [2.05, 4.69) is 10.3 Å². The van der Waals surface area contributed by atoms with Crippen molar-refractivity contribution in [2.45, 2.75) is 13.0 Å². The van der Waals surface area contributed by atoms with Crippen LogP contribution in [0.1, 0.15) is 17.3 Å². The van der Waals surface area contributed by atoms with Gasteiger partial charge in [0.05, 0.1) is 12.1 Å². The molecule has 0 aliphatic heterocycles. The first kappa shape index (κ1) is 16.8. The summed E-state index contributed by atoms with van der Waals surface area (Å²) in [6, 6.07) is 9.76. The summed E-state index contributed by atoms with van der Waals surface area (Å²) in [6.07, 6.45) is 0.410. The van der Waals surface area contributed by atoms with Crippen molar-refractivity contribution in [3.8, 4) is 5.75 Å². The molecule has 23 heavy (non-hydrogen) atoms. The zero-order chi connectivity index (χ0) is 16.8. The fraction of sp³-hybridized carbons (Fsp3) is 0.188. The fourth-order valence-electron chi connectivity index (χ4n) is 1.77. The quantitative estimate of drug-likeness (QED) is 0.851. The molecule has 0 aliphatic rings. The number of benzene rings is 1. The number of pyridine rings is 1. The molecule has 1 aromatic heterocycles. The number of methoxy groups -OCH3 is 1.